The average Bonchev–Trinajstić information content (AvgIpc) is 1.99. The molecule has 0 heterocycles. The second kappa shape index (κ2) is 5.20. The van der Waals surface area contributed by atoms with Crippen LogP contribution in [0.1, 0.15) is 13.3 Å². The Kier molecular flexibility index (Phi) is 4.88. The van der Waals surface area contributed by atoms with E-state index in [2.05, 4.69) is 0 Å². The first-order valence-electron chi connectivity index (χ1n) is 3.25. The lowest BCUT2D eigenvalue weighted by molar-refractivity contribution is -0.135. The highest BCUT2D eigenvalue weighted by Gasteiger charge is 2.07. The van der Waals surface area contributed by atoms with Gasteiger partial charge in [0.05, 0.1) is 6.61 Å². The predicted octanol–water partition coefficient (Wildman–Crippen LogP) is -0.833. The SMILES string of the molecule is CCC(=O)N(CO)CCO. The van der Waals surface area contributed by atoms with Gasteiger partial charge in [0, 0.05) is 13.0 Å². The molecule has 0 aliphatic rings. The first-order chi connectivity index (χ1) is 4.76. The van der Waals surface area contributed by atoms with Gasteiger partial charge in [0.2, 0.25) is 5.91 Å². The first-order valence-corrected chi connectivity index (χ1v) is 3.25. The lowest BCUT2D eigenvalue weighted by atomic mass is 10.4. The van der Waals surface area contributed by atoms with Crippen LogP contribution in [0.25, 0.3) is 0 Å². The van der Waals surface area contributed by atoms with Gasteiger partial charge < -0.3 is 15.1 Å². The Bertz CT molecular complexity index is 105. The Morgan fingerprint density at radius 1 is 1.50 bits per heavy atom. The maximum atomic E-state index is 10.8. The van der Waals surface area contributed by atoms with E-state index in [0.717, 1.165) is 0 Å². The molecule has 60 valence electrons. The second-order valence-electron chi connectivity index (χ2n) is 1.88. The minimum Gasteiger partial charge on any atom is -0.395 e. The van der Waals surface area contributed by atoms with Crippen molar-refractivity contribution in [3.63, 3.8) is 0 Å². The maximum Gasteiger partial charge on any atom is 0.224 e. The molecule has 1 amide bonds. The molecule has 0 aromatic carbocycles. The third-order valence-corrected chi connectivity index (χ3v) is 1.20. The van der Waals surface area contributed by atoms with Gasteiger partial charge in [0.15, 0.2) is 0 Å². The summed E-state index contributed by atoms with van der Waals surface area (Å²) < 4.78 is 0. The van der Waals surface area contributed by atoms with Gasteiger partial charge in [-0.25, -0.2) is 0 Å². The number of hydrogen-bond donors (Lipinski definition) is 2. The Labute approximate surface area is 60.1 Å². The first kappa shape index (κ1) is 9.39. The number of carbonyl (C=O) groups excluding carboxylic acids is 1. The van der Waals surface area contributed by atoms with Crippen molar-refractivity contribution in [2.45, 2.75) is 13.3 Å². The summed E-state index contributed by atoms with van der Waals surface area (Å²) in [6.07, 6.45) is 0.362. The minimum atomic E-state index is -0.312. The summed E-state index contributed by atoms with van der Waals surface area (Å²) in [5.41, 5.74) is 0. The van der Waals surface area contributed by atoms with Crippen molar-refractivity contribution in [1.29, 1.82) is 0 Å². The molecule has 0 unspecified atom stereocenters. The van der Waals surface area contributed by atoms with Gasteiger partial charge in [-0.3, -0.25) is 4.79 Å². The second-order valence-corrected chi connectivity index (χ2v) is 1.88. The highest BCUT2D eigenvalue weighted by molar-refractivity contribution is 5.75. The zero-order valence-corrected chi connectivity index (χ0v) is 6.08. The van der Waals surface area contributed by atoms with E-state index in [1.807, 2.05) is 0 Å². The van der Waals surface area contributed by atoms with E-state index in [0.29, 0.717) is 6.42 Å². The van der Waals surface area contributed by atoms with Crippen LogP contribution in [0.3, 0.4) is 0 Å². The van der Waals surface area contributed by atoms with E-state index in [1.54, 1.807) is 6.92 Å². The molecule has 0 bridgehead atoms. The quantitative estimate of drug-likeness (QED) is 0.510. The van der Waals surface area contributed by atoms with Gasteiger partial charge in [0.1, 0.15) is 6.73 Å². The van der Waals surface area contributed by atoms with Crippen LogP contribution < -0.4 is 0 Å². The topological polar surface area (TPSA) is 60.8 Å². The van der Waals surface area contributed by atoms with Crippen molar-refractivity contribution in [3.8, 4) is 0 Å². The minimum absolute atomic E-state index is 0.105. The summed E-state index contributed by atoms with van der Waals surface area (Å²) in [7, 11) is 0. The van der Waals surface area contributed by atoms with Crippen LogP contribution in [0.15, 0.2) is 0 Å². The van der Waals surface area contributed by atoms with Crippen LogP contribution in [0, 0.1) is 0 Å². The monoisotopic (exact) mass is 147 g/mol. The number of aliphatic hydroxyl groups is 2. The fourth-order valence-electron chi connectivity index (χ4n) is 0.619. The number of nitrogens with zero attached hydrogens (tertiary/aromatic N) is 1. The number of amides is 1. The molecule has 4 heteroatoms. The van der Waals surface area contributed by atoms with E-state index >= 15 is 0 Å². The van der Waals surface area contributed by atoms with Gasteiger partial charge in [-0.15, -0.1) is 0 Å². The Balaban J connectivity index is 3.68. The summed E-state index contributed by atoms with van der Waals surface area (Å²) in [5, 5.41) is 17.0. The number of aliphatic hydroxyl groups excluding tert-OH is 2. The van der Waals surface area contributed by atoms with Gasteiger partial charge in [-0.2, -0.15) is 0 Å². The Morgan fingerprint density at radius 3 is 2.40 bits per heavy atom. The molecular formula is C6H13NO3. The van der Waals surface area contributed by atoms with E-state index in [-0.39, 0.29) is 25.8 Å². The Hall–Kier alpha value is -0.610. The van der Waals surface area contributed by atoms with Crippen LogP contribution in [0.4, 0.5) is 0 Å². The molecule has 0 spiro atoms. The molecule has 0 aromatic heterocycles. The standard InChI is InChI=1S/C6H13NO3/c1-2-6(10)7(5-9)3-4-8/h8-9H,2-5H2,1H3. The summed E-state index contributed by atoms with van der Waals surface area (Å²) in [6.45, 7) is 1.51. The van der Waals surface area contributed by atoms with Crippen molar-refractivity contribution in [3.05, 3.63) is 0 Å². The normalized spacial score (nSPS) is 9.50. The molecule has 0 rings (SSSR count). The van der Waals surface area contributed by atoms with Gasteiger partial charge in [0.25, 0.3) is 0 Å². The van der Waals surface area contributed by atoms with E-state index in [1.165, 1.54) is 4.90 Å². The number of carbonyl (C=O) groups is 1. The lowest BCUT2D eigenvalue weighted by Crippen LogP contribution is -2.33. The van der Waals surface area contributed by atoms with Crippen LogP contribution in [0.2, 0.25) is 0 Å². The van der Waals surface area contributed by atoms with E-state index in [9.17, 15) is 4.79 Å². The molecule has 0 radical (unpaired) electrons. The molecule has 0 aliphatic heterocycles. The van der Waals surface area contributed by atoms with Crippen LogP contribution in [-0.4, -0.2) is 40.9 Å². The molecule has 0 aliphatic carbocycles. The molecule has 0 saturated heterocycles. The van der Waals surface area contributed by atoms with Crippen molar-refractivity contribution < 1.29 is 15.0 Å². The Morgan fingerprint density at radius 2 is 2.10 bits per heavy atom. The molecule has 0 saturated carbocycles. The molecule has 0 atom stereocenters. The lowest BCUT2D eigenvalue weighted by Gasteiger charge is -2.17. The van der Waals surface area contributed by atoms with Crippen molar-refractivity contribution in [2.24, 2.45) is 0 Å². The molecule has 10 heavy (non-hydrogen) atoms. The average molecular weight is 147 g/mol. The summed E-state index contributed by atoms with van der Waals surface area (Å²) in [5.74, 6) is -0.142. The number of rotatable bonds is 4. The van der Waals surface area contributed by atoms with Crippen molar-refractivity contribution in [2.75, 3.05) is 19.9 Å². The van der Waals surface area contributed by atoms with E-state index < -0.39 is 0 Å². The zero-order valence-electron chi connectivity index (χ0n) is 6.08. The largest absolute Gasteiger partial charge is 0.395 e. The van der Waals surface area contributed by atoms with Crippen molar-refractivity contribution >= 4 is 5.91 Å². The third kappa shape index (κ3) is 2.80. The summed E-state index contributed by atoms with van der Waals surface area (Å²) >= 11 is 0. The fraction of sp³-hybridized carbons (Fsp3) is 0.833. The van der Waals surface area contributed by atoms with Gasteiger partial charge >= 0.3 is 0 Å². The van der Waals surface area contributed by atoms with E-state index in [4.69, 9.17) is 10.2 Å². The molecule has 0 aromatic rings. The third-order valence-electron chi connectivity index (χ3n) is 1.20. The zero-order chi connectivity index (χ0) is 7.98. The summed E-state index contributed by atoms with van der Waals surface area (Å²) in [4.78, 5) is 12.0. The molecule has 0 fully saturated rings. The van der Waals surface area contributed by atoms with Gasteiger partial charge in [-0.05, 0) is 0 Å². The maximum absolute atomic E-state index is 10.8. The fourth-order valence-corrected chi connectivity index (χ4v) is 0.619. The number of hydrogen-bond acceptors (Lipinski definition) is 3. The molecular weight excluding hydrogens is 134 g/mol. The van der Waals surface area contributed by atoms with Crippen LogP contribution in [0.5, 0.6) is 0 Å². The summed E-state index contributed by atoms with van der Waals surface area (Å²) in [6, 6.07) is 0. The van der Waals surface area contributed by atoms with Gasteiger partial charge in [-0.1, -0.05) is 6.92 Å². The van der Waals surface area contributed by atoms with Crippen LogP contribution in [-0.2, 0) is 4.79 Å². The highest BCUT2D eigenvalue weighted by Crippen LogP contribution is 1.90. The van der Waals surface area contributed by atoms with Crippen LogP contribution >= 0.6 is 0 Å². The highest BCUT2D eigenvalue weighted by atomic mass is 16.3. The smallest absolute Gasteiger partial charge is 0.224 e. The molecule has 2 N–H and O–H groups in total. The predicted molar refractivity (Wildman–Crippen MR) is 36.2 cm³/mol. The molecule has 4 nitrogen and oxygen atoms in total. The van der Waals surface area contributed by atoms with Crippen molar-refractivity contribution in [1.82, 2.24) is 4.90 Å².